The minimum absolute atomic E-state index is 0.0654. The molecule has 0 heterocycles. The predicted molar refractivity (Wildman–Crippen MR) is 104 cm³/mol. The van der Waals surface area contributed by atoms with Gasteiger partial charge >= 0.3 is 0 Å². The van der Waals surface area contributed by atoms with Crippen LogP contribution in [0.2, 0.25) is 0 Å². The van der Waals surface area contributed by atoms with Crippen LogP contribution in [-0.2, 0) is 14.8 Å². The predicted octanol–water partition coefficient (Wildman–Crippen LogP) is 2.71. The normalized spacial score (nSPS) is 22.8. The van der Waals surface area contributed by atoms with Crippen LogP contribution in [0.1, 0.15) is 46.5 Å². The van der Waals surface area contributed by atoms with E-state index < -0.39 is 10.0 Å². The highest BCUT2D eigenvalue weighted by atomic mass is 32.2. The van der Waals surface area contributed by atoms with Crippen molar-refractivity contribution < 1.29 is 13.2 Å². The van der Waals surface area contributed by atoms with Crippen molar-refractivity contribution in [3.8, 4) is 0 Å². The van der Waals surface area contributed by atoms with E-state index in [9.17, 15) is 13.2 Å². The van der Waals surface area contributed by atoms with Gasteiger partial charge in [0.1, 0.15) is 0 Å². The summed E-state index contributed by atoms with van der Waals surface area (Å²) >= 11 is 0. The maximum absolute atomic E-state index is 12.4. The van der Waals surface area contributed by atoms with Crippen LogP contribution in [0.25, 0.3) is 0 Å². The summed E-state index contributed by atoms with van der Waals surface area (Å²) in [5.41, 5.74) is 6.11. The number of hydrogen-bond donors (Lipinski definition) is 3. The van der Waals surface area contributed by atoms with E-state index in [0.29, 0.717) is 23.9 Å². The second kappa shape index (κ2) is 8.50. The quantitative estimate of drug-likeness (QED) is 0.676. The van der Waals surface area contributed by atoms with Crippen molar-refractivity contribution in [1.82, 2.24) is 4.72 Å². The zero-order valence-electron chi connectivity index (χ0n) is 15.9. The molecule has 1 amide bonds. The van der Waals surface area contributed by atoms with Crippen molar-refractivity contribution in [2.24, 2.45) is 23.0 Å². The largest absolute Gasteiger partial charge is 0.329 e. The monoisotopic (exact) mass is 381 g/mol. The molecular formula is C19H31N3O3S. The lowest BCUT2D eigenvalue weighted by molar-refractivity contribution is -0.117. The molecule has 1 aromatic carbocycles. The van der Waals surface area contributed by atoms with Gasteiger partial charge in [0.2, 0.25) is 15.9 Å². The van der Waals surface area contributed by atoms with Gasteiger partial charge < -0.3 is 11.1 Å². The van der Waals surface area contributed by atoms with Crippen molar-refractivity contribution in [2.45, 2.75) is 51.3 Å². The molecule has 0 saturated heterocycles. The highest BCUT2D eigenvalue weighted by molar-refractivity contribution is 7.89. The van der Waals surface area contributed by atoms with E-state index in [2.05, 4.69) is 30.8 Å². The second-order valence-corrected chi connectivity index (χ2v) is 10.0. The lowest BCUT2D eigenvalue weighted by atomic mass is 9.67. The molecule has 0 bridgehead atoms. The van der Waals surface area contributed by atoms with Gasteiger partial charge in [0.05, 0.1) is 4.90 Å². The second-order valence-electron chi connectivity index (χ2n) is 8.25. The average Bonchev–Trinajstić information content (AvgIpc) is 2.51. The Morgan fingerprint density at radius 1 is 1.31 bits per heavy atom. The lowest BCUT2D eigenvalue weighted by Gasteiger charge is -2.38. The first-order chi connectivity index (χ1) is 12.1. The van der Waals surface area contributed by atoms with Crippen LogP contribution < -0.4 is 15.8 Å². The first-order valence-electron chi connectivity index (χ1n) is 9.21. The summed E-state index contributed by atoms with van der Waals surface area (Å²) in [5.74, 6) is 0.926. The van der Waals surface area contributed by atoms with E-state index in [-0.39, 0.29) is 29.3 Å². The minimum atomic E-state index is -3.61. The molecule has 0 aromatic heterocycles. The van der Waals surface area contributed by atoms with Crippen LogP contribution >= 0.6 is 0 Å². The molecule has 4 N–H and O–H groups in total. The first kappa shape index (κ1) is 20.9. The molecule has 0 spiro atoms. The van der Waals surface area contributed by atoms with Crippen molar-refractivity contribution in [2.75, 3.05) is 18.4 Å². The average molecular weight is 382 g/mol. The number of benzene rings is 1. The molecular weight excluding hydrogens is 350 g/mol. The Morgan fingerprint density at radius 3 is 2.69 bits per heavy atom. The molecule has 2 atom stereocenters. The zero-order valence-corrected chi connectivity index (χ0v) is 16.7. The molecule has 0 radical (unpaired) electrons. The van der Waals surface area contributed by atoms with Crippen LogP contribution in [-0.4, -0.2) is 27.4 Å². The van der Waals surface area contributed by atoms with Gasteiger partial charge in [-0.05, 0) is 54.7 Å². The third-order valence-corrected chi connectivity index (χ3v) is 6.28. The Hall–Kier alpha value is -1.44. The summed E-state index contributed by atoms with van der Waals surface area (Å²) in [6.07, 6.45) is 3.77. The van der Waals surface area contributed by atoms with Gasteiger partial charge in [0, 0.05) is 25.2 Å². The number of anilines is 1. The highest BCUT2D eigenvalue weighted by Crippen LogP contribution is 2.42. The van der Waals surface area contributed by atoms with Gasteiger partial charge in [-0.25, -0.2) is 13.1 Å². The summed E-state index contributed by atoms with van der Waals surface area (Å²) in [4.78, 5) is 12.6. The fraction of sp³-hybridized carbons (Fsp3) is 0.632. The maximum atomic E-state index is 12.4. The molecule has 1 saturated carbocycles. The van der Waals surface area contributed by atoms with E-state index in [4.69, 9.17) is 5.73 Å². The van der Waals surface area contributed by atoms with Crippen molar-refractivity contribution >= 4 is 21.6 Å². The third kappa shape index (κ3) is 6.07. The van der Waals surface area contributed by atoms with Crippen LogP contribution in [0.4, 0.5) is 5.69 Å². The maximum Gasteiger partial charge on any atom is 0.240 e. The number of carbonyl (C=O) groups excluding carboxylic acids is 1. The molecule has 2 unspecified atom stereocenters. The van der Waals surface area contributed by atoms with Gasteiger partial charge in [-0.1, -0.05) is 26.8 Å². The zero-order chi connectivity index (χ0) is 19.4. The van der Waals surface area contributed by atoms with Crippen LogP contribution in [0.3, 0.4) is 0 Å². The number of amides is 1. The van der Waals surface area contributed by atoms with E-state index >= 15 is 0 Å². The van der Waals surface area contributed by atoms with Crippen LogP contribution in [0.5, 0.6) is 0 Å². The van der Waals surface area contributed by atoms with E-state index in [0.717, 1.165) is 12.8 Å². The van der Waals surface area contributed by atoms with Gasteiger partial charge in [-0.2, -0.15) is 0 Å². The van der Waals surface area contributed by atoms with Gasteiger partial charge in [-0.15, -0.1) is 0 Å². The van der Waals surface area contributed by atoms with Gasteiger partial charge in [0.15, 0.2) is 0 Å². The van der Waals surface area contributed by atoms with Crippen LogP contribution in [0.15, 0.2) is 29.2 Å². The summed E-state index contributed by atoms with van der Waals surface area (Å²) in [6, 6.07) is 6.30. The van der Waals surface area contributed by atoms with Gasteiger partial charge in [-0.3, -0.25) is 4.79 Å². The number of carbonyl (C=O) groups is 1. The minimum Gasteiger partial charge on any atom is -0.329 e. The molecule has 146 valence electrons. The summed E-state index contributed by atoms with van der Waals surface area (Å²) in [5, 5.41) is 2.84. The van der Waals surface area contributed by atoms with Crippen LogP contribution in [0, 0.1) is 17.3 Å². The Labute approximate surface area is 157 Å². The van der Waals surface area contributed by atoms with Crippen molar-refractivity contribution in [3.63, 3.8) is 0 Å². The number of nitrogens with one attached hydrogen (secondary N) is 2. The molecule has 1 aromatic rings. The molecule has 1 aliphatic rings. The number of rotatable bonds is 7. The fourth-order valence-electron chi connectivity index (χ4n) is 4.19. The number of nitrogens with two attached hydrogens (primary N) is 1. The highest BCUT2D eigenvalue weighted by Gasteiger charge is 2.32. The topological polar surface area (TPSA) is 101 Å². The lowest BCUT2D eigenvalue weighted by Crippen LogP contribution is -2.30. The fourth-order valence-corrected chi connectivity index (χ4v) is 5.28. The Kier molecular flexibility index (Phi) is 6.82. The first-order valence-corrected chi connectivity index (χ1v) is 10.7. The molecule has 7 heteroatoms. The van der Waals surface area contributed by atoms with Gasteiger partial charge in [0.25, 0.3) is 0 Å². The summed E-state index contributed by atoms with van der Waals surface area (Å²) < 4.78 is 26.8. The molecule has 6 nitrogen and oxygen atoms in total. The summed E-state index contributed by atoms with van der Waals surface area (Å²) in [6.45, 7) is 7.17. The van der Waals surface area contributed by atoms with E-state index in [1.54, 1.807) is 12.1 Å². The molecule has 26 heavy (non-hydrogen) atoms. The van der Waals surface area contributed by atoms with E-state index in [1.807, 2.05) is 0 Å². The molecule has 1 fully saturated rings. The Bertz CT molecular complexity index is 731. The Balaban J connectivity index is 2.00. The van der Waals surface area contributed by atoms with E-state index in [1.165, 1.54) is 18.6 Å². The molecule has 2 rings (SSSR count). The molecule has 1 aliphatic carbocycles. The van der Waals surface area contributed by atoms with Crippen molar-refractivity contribution in [1.29, 1.82) is 0 Å². The Morgan fingerprint density at radius 2 is 2.04 bits per heavy atom. The SMILES string of the molecule is CC1CC(CC(=O)Nc2cccc(S(=O)(=O)NCCN)c2)CC(C)(C)C1. The smallest absolute Gasteiger partial charge is 0.240 e. The standard InChI is InChI=1S/C19H31N3O3S/c1-14-9-15(13-19(2,3)12-14)10-18(23)22-16-5-4-6-17(11-16)26(24,25)21-8-7-20/h4-6,11,14-15,21H,7-10,12-13,20H2,1-3H3,(H,22,23). The number of hydrogen-bond acceptors (Lipinski definition) is 4. The molecule has 0 aliphatic heterocycles. The van der Waals surface area contributed by atoms with Crippen molar-refractivity contribution in [3.05, 3.63) is 24.3 Å². The number of sulfonamides is 1. The summed E-state index contributed by atoms with van der Waals surface area (Å²) in [7, 11) is -3.61. The third-order valence-electron chi connectivity index (χ3n) is 4.82.